The summed E-state index contributed by atoms with van der Waals surface area (Å²) in [6.45, 7) is 4.87. The molecule has 1 saturated heterocycles. The molecule has 1 atom stereocenters. The molecule has 2 amide bonds. The summed E-state index contributed by atoms with van der Waals surface area (Å²) in [6, 6.07) is 12.3. The average Bonchev–Trinajstić information content (AvgIpc) is 2.91. The molecule has 27 heavy (non-hydrogen) atoms. The molecule has 142 valence electrons. The van der Waals surface area contributed by atoms with Crippen molar-refractivity contribution in [3.8, 4) is 11.5 Å². The molecular weight excluding hydrogens is 386 g/mol. The number of hydrogen-bond acceptors (Lipinski definition) is 5. The molecule has 0 bridgehead atoms. The minimum absolute atomic E-state index is 0.237. The molecule has 0 N–H and O–H groups in total. The van der Waals surface area contributed by atoms with Crippen LogP contribution in [0.5, 0.6) is 11.5 Å². The Morgan fingerprint density at radius 2 is 1.78 bits per heavy atom. The van der Waals surface area contributed by atoms with E-state index in [-0.39, 0.29) is 11.1 Å². The summed E-state index contributed by atoms with van der Waals surface area (Å²) < 4.78 is 11.2. The summed E-state index contributed by atoms with van der Waals surface area (Å²) in [7, 11) is 0. The van der Waals surface area contributed by atoms with E-state index in [1.165, 1.54) is 4.90 Å². The smallest absolute Gasteiger partial charge is 0.293 e. The van der Waals surface area contributed by atoms with E-state index in [1.807, 2.05) is 32.0 Å². The first-order valence-corrected chi connectivity index (χ1v) is 9.98. The van der Waals surface area contributed by atoms with Crippen LogP contribution in [-0.2, 0) is 11.2 Å². The van der Waals surface area contributed by atoms with E-state index in [0.717, 1.165) is 17.3 Å². The van der Waals surface area contributed by atoms with Crippen molar-refractivity contribution in [2.24, 2.45) is 0 Å². The molecule has 3 rings (SSSR count). The predicted octanol–water partition coefficient (Wildman–Crippen LogP) is 4.95. The number of imide groups is 1. The number of hydrogen-bond donors (Lipinski definition) is 0. The van der Waals surface area contributed by atoms with Crippen molar-refractivity contribution in [3.63, 3.8) is 0 Å². The monoisotopic (exact) mass is 405 g/mol. The minimum atomic E-state index is -0.482. The fraction of sp³-hybridized carbons (Fsp3) is 0.300. The van der Waals surface area contributed by atoms with Gasteiger partial charge in [-0.1, -0.05) is 35.5 Å². The van der Waals surface area contributed by atoms with E-state index in [0.29, 0.717) is 41.8 Å². The Bertz CT molecular complexity index is 858. The van der Waals surface area contributed by atoms with Gasteiger partial charge in [-0.25, -0.2) is 4.90 Å². The van der Waals surface area contributed by atoms with E-state index in [9.17, 15) is 9.59 Å². The largest absolute Gasteiger partial charge is 0.490 e. The highest BCUT2D eigenvalue weighted by molar-refractivity contribution is 8.15. The summed E-state index contributed by atoms with van der Waals surface area (Å²) >= 11 is 7.02. The maximum absolute atomic E-state index is 12.8. The second kappa shape index (κ2) is 8.67. The zero-order chi connectivity index (χ0) is 19.4. The summed E-state index contributed by atoms with van der Waals surface area (Å²) in [6.07, 6.45) is 0.429. The van der Waals surface area contributed by atoms with Crippen molar-refractivity contribution < 1.29 is 19.1 Å². The van der Waals surface area contributed by atoms with E-state index in [2.05, 4.69) is 0 Å². The maximum atomic E-state index is 12.8. The van der Waals surface area contributed by atoms with Crippen molar-refractivity contribution in [1.82, 2.24) is 0 Å². The highest BCUT2D eigenvalue weighted by Gasteiger charge is 2.40. The van der Waals surface area contributed by atoms with E-state index in [4.69, 9.17) is 21.1 Å². The van der Waals surface area contributed by atoms with Crippen molar-refractivity contribution in [1.29, 1.82) is 0 Å². The Morgan fingerprint density at radius 1 is 1.04 bits per heavy atom. The number of carbonyl (C=O) groups excluding carboxylic acids is 2. The molecule has 0 aliphatic carbocycles. The summed E-state index contributed by atoms with van der Waals surface area (Å²) in [5.74, 6) is 1.08. The van der Waals surface area contributed by atoms with Crippen LogP contribution < -0.4 is 14.4 Å². The quantitative estimate of drug-likeness (QED) is 0.652. The molecule has 0 saturated carbocycles. The maximum Gasteiger partial charge on any atom is 0.293 e. The van der Waals surface area contributed by atoms with Gasteiger partial charge in [-0.2, -0.15) is 0 Å². The molecule has 1 fully saturated rings. The van der Waals surface area contributed by atoms with Crippen LogP contribution in [0.15, 0.2) is 42.5 Å². The van der Waals surface area contributed by atoms with Crippen molar-refractivity contribution >= 4 is 40.2 Å². The lowest BCUT2D eigenvalue weighted by Crippen LogP contribution is -2.32. The first-order chi connectivity index (χ1) is 13.0. The Balaban J connectivity index is 1.79. The van der Waals surface area contributed by atoms with Gasteiger partial charge < -0.3 is 9.47 Å². The summed E-state index contributed by atoms with van der Waals surface area (Å²) in [5.41, 5.74) is 1.41. The van der Waals surface area contributed by atoms with Crippen molar-refractivity contribution in [2.75, 3.05) is 18.1 Å². The van der Waals surface area contributed by atoms with Gasteiger partial charge in [0.25, 0.3) is 5.24 Å². The normalized spacial score (nSPS) is 16.7. The third kappa shape index (κ3) is 4.39. The number of rotatable bonds is 7. The molecule has 2 aromatic rings. The first-order valence-electron chi connectivity index (χ1n) is 8.72. The number of nitrogens with zero attached hydrogens (tertiary/aromatic N) is 1. The van der Waals surface area contributed by atoms with Gasteiger partial charge in [0.1, 0.15) is 0 Å². The Hall–Kier alpha value is -2.18. The predicted molar refractivity (Wildman–Crippen MR) is 108 cm³/mol. The van der Waals surface area contributed by atoms with Crippen molar-refractivity contribution in [3.05, 3.63) is 53.1 Å². The Morgan fingerprint density at radius 3 is 2.48 bits per heavy atom. The number of benzene rings is 2. The lowest BCUT2D eigenvalue weighted by Gasteiger charge is -2.15. The molecule has 7 heteroatoms. The van der Waals surface area contributed by atoms with Crippen LogP contribution in [0, 0.1) is 0 Å². The SMILES string of the molecule is CCOc1ccc(C[C@@H]2SC(=O)N(c3cccc(Cl)c3)C2=O)cc1OCC. The number of ether oxygens (including phenoxy) is 2. The zero-order valence-electron chi connectivity index (χ0n) is 15.1. The second-order valence-electron chi connectivity index (χ2n) is 5.88. The van der Waals surface area contributed by atoms with Gasteiger partial charge >= 0.3 is 0 Å². The fourth-order valence-corrected chi connectivity index (χ4v) is 4.08. The molecule has 0 unspecified atom stereocenters. The molecule has 1 aliphatic rings. The Labute approximate surface area is 167 Å². The van der Waals surface area contributed by atoms with Crippen LogP contribution in [-0.4, -0.2) is 29.6 Å². The van der Waals surface area contributed by atoms with E-state index >= 15 is 0 Å². The molecule has 1 heterocycles. The van der Waals surface area contributed by atoms with E-state index < -0.39 is 5.25 Å². The minimum Gasteiger partial charge on any atom is -0.490 e. The number of anilines is 1. The van der Waals surface area contributed by atoms with Crippen LogP contribution >= 0.6 is 23.4 Å². The van der Waals surface area contributed by atoms with Gasteiger partial charge in [0.15, 0.2) is 11.5 Å². The lowest BCUT2D eigenvalue weighted by atomic mass is 10.1. The topological polar surface area (TPSA) is 55.8 Å². The highest BCUT2D eigenvalue weighted by Crippen LogP contribution is 2.36. The van der Waals surface area contributed by atoms with Crippen LogP contribution in [0.4, 0.5) is 10.5 Å². The third-order valence-electron chi connectivity index (χ3n) is 4.02. The standard InChI is InChI=1S/C20H20ClNO4S/c1-3-25-16-9-8-13(10-17(16)26-4-2)11-18-19(23)22(20(24)27-18)15-7-5-6-14(21)12-15/h5-10,12,18H,3-4,11H2,1-2H3/t18-/m0/s1. The summed E-state index contributed by atoms with van der Waals surface area (Å²) in [4.78, 5) is 26.4. The van der Waals surface area contributed by atoms with Gasteiger partial charge in [-0.05, 0) is 56.2 Å². The molecular formula is C20H20ClNO4S. The van der Waals surface area contributed by atoms with Crippen LogP contribution in [0.25, 0.3) is 0 Å². The molecule has 0 aromatic heterocycles. The first kappa shape index (κ1) is 19.6. The van der Waals surface area contributed by atoms with Crippen LogP contribution in [0.3, 0.4) is 0 Å². The van der Waals surface area contributed by atoms with Gasteiger partial charge in [-0.15, -0.1) is 0 Å². The lowest BCUT2D eigenvalue weighted by molar-refractivity contribution is -0.117. The molecule has 0 radical (unpaired) electrons. The molecule has 1 aliphatic heterocycles. The van der Waals surface area contributed by atoms with Gasteiger partial charge in [0.2, 0.25) is 5.91 Å². The van der Waals surface area contributed by atoms with Gasteiger partial charge in [0.05, 0.1) is 24.2 Å². The van der Waals surface area contributed by atoms with Crippen molar-refractivity contribution in [2.45, 2.75) is 25.5 Å². The molecule has 2 aromatic carbocycles. The second-order valence-corrected chi connectivity index (χ2v) is 7.47. The van der Waals surface area contributed by atoms with E-state index in [1.54, 1.807) is 24.3 Å². The van der Waals surface area contributed by atoms with Crippen LogP contribution in [0.1, 0.15) is 19.4 Å². The summed E-state index contributed by atoms with van der Waals surface area (Å²) in [5, 5.41) is -0.290. The number of thioether (sulfide) groups is 1. The van der Waals surface area contributed by atoms with Gasteiger partial charge in [-0.3, -0.25) is 9.59 Å². The fourth-order valence-electron chi connectivity index (χ4n) is 2.87. The number of amides is 2. The average molecular weight is 406 g/mol. The zero-order valence-corrected chi connectivity index (χ0v) is 16.7. The number of carbonyl (C=O) groups is 2. The van der Waals surface area contributed by atoms with Gasteiger partial charge in [0, 0.05) is 5.02 Å². The third-order valence-corrected chi connectivity index (χ3v) is 5.29. The highest BCUT2D eigenvalue weighted by atomic mass is 35.5. The Kier molecular flexibility index (Phi) is 6.29. The molecule has 0 spiro atoms. The number of halogens is 1. The van der Waals surface area contributed by atoms with Crippen LogP contribution in [0.2, 0.25) is 5.02 Å². The molecule has 5 nitrogen and oxygen atoms in total.